The quantitative estimate of drug-likeness (QED) is 0.914. The van der Waals surface area contributed by atoms with Gasteiger partial charge in [0.1, 0.15) is 11.8 Å². The van der Waals surface area contributed by atoms with Crippen LogP contribution in [-0.4, -0.2) is 61.0 Å². The number of hydrogen-bond donors (Lipinski definition) is 1. The fourth-order valence-electron chi connectivity index (χ4n) is 3.56. The predicted octanol–water partition coefficient (Wildman–Crippen LogP) is 1.55. The largest absolute Gasteiger partial charge is 0.463 e. The third-order valence-electron chi connectivity index (χ3n) is 4.86. The first kappa shape index (κ1) is 13.8. The number of fused-ring (bicyclic) bond motifs is 1. The third kappa shape index (κ3) is 2.40. The Morgan fingerprint density at radius 2 is 2.00 bits per heavy atom. The van der Waals surface area contributed by atoms with Crippen LogP contribution in [0.4, 0.5) is 0 Å². The van der Waals surface area contributed by atoms with Gasteiger partial charge in [0.25, 0.3) is 5.91 Å². The van der Waals surface area contributed by atoms with E-state index in [1.807, 2.05) is 29.2 Å². The van der Waals surface area contributed by atoms with Crippen molar-refractivity contribution in [3.05, 3.63) is 36.1 Å². The molecule has 0 aliphatic carbocycles. The normalized spacial score (nSPS) is 23.3. The van der Waals surface area contributed by atoms with E-state index in [4.69, 9.17) is 4.42 Å². The van der Waals surface area contributed by atoms with Crippen molar-refractivity contribution in [2.24, 2.45) is 0 Å². The number of para-hydroxylation sites is 1. The lowest BCUT2D eigenvalue weighted by atomic mass is 10.1. The van der Waals surface area contributed by atoms with Crippen molar-refractivity contribution in [2.45, 2.75) is 12.5 Å². The summed E-state index contributed by atoms with van der Waals surface area (Å²) in [7, 11) is 0. The minimum Gasteiger partial charge on any atom is -0.463 e. The smallest absolute Gasteiger partial charge is 0.257 e. The maximum atomic E-state index is 12.7. The molecule has 1 amide bonds. The van der Waals surface area contributed by atoms with E-state index in [0.29, 0.717) is 11.6 Å². The molecule has 2 aromatic rings. The van der Waals surface area contributed by atoms with Crippen LogP contribution >= 0.6 is 0 Å². The van der Waals surface area contributed by atoms with E-state index in [0.717, 1.165) is 50.2 Å². The van der Waals surface area contributed by atoms with Crippen LogP contribution in [0, 0.1) is 0 Å². The molecule has 0 radical (unpaired) electrons. The average Bonchev–Trinajstić information content (AvgIpc) is 3.24. The summed E-state index contributed by atoms with van der Waals surface area (Å²) in [5.74, 6) is 0.0918. The number of carbonyl (C=O) groups excluding carboxylic acids is 1. The number of amides is 1. The number of nitrogens with one attached hydrogen (secondary N) is 1. The molecule has 5 heteroatoms. The third-order valence-corrected chi connectivity index (χ3v) is 4.86. The Kier molecular flexibility index (Phi) is 3.60. The summed E-state index contributed by atoms with van der Waals surface area (Å²) >= 11 is 0. The number of carbonyl (C=O) groups is 1. The van der Waals surface area contributed by atoms with Gasteiger partial charge in [0.2, 0.25) is 0 Å². The molecule has 5 nitrogen and oxygen atoms in total. The SMILES string of the molecule is O=C(c1coc2ccccc12)N1CCN(C2CCNC2)CC1. The van der Waals surface area contributed by atoms with Gasteiger partial charge >= 0.3 is 0 Å². The van der Waals surface area contributed by atoms with Crippen LogP contribution in [0.2, 0.25) is 0 Å². The first-order chi connectivity index (χ1) is 10.8. The maximum Gasteiger partial charge on any atom is 0.257 e. The first-order valence-electron chi connectivity index (χ1n) is 8.03. The number of benzene rings is 1. The minimum atomic E-state index is 0.0918. The van der Waals surface area contributed by atoms with Crippen LogP contribution in [0.1, 0.15) is 16.8 Å². The Morgan fingerprint density at radius 3 is 2.77 bits per heavy atom. The second-order valence-corrected chi connectivity index (χ2v) is 6.12. The first-order valence-corrected chi connectivity index (χ1v) is 8.03. The number of nitrogens with zero attached hydrogens (tertiary/aromatic N) is 2. The summed E-state index contributed by atoms with van der Waals surface area (Å²) in [5, 5.41) is 4.32. The topological polar surface area (TPSA) is 48.7 Å². The van der Waals surface area contributed by atoms with Gasteiger partial charge in [-0.1, -0.05) is 18.2 Å². The summed E-state index contributed by atoms with van der Waals surface area (Å²) in [5.41, 5.74) is 1.47. The Hall–Kier alpha value is -1.85. The summed E-state index contributed by atoms with van der Waals surface area (Å²) in [6, 6.07) is 8.37. The molecule has 4 rings (SSSR count). The highest BCUT2D eigenvalue weighted by Gasteiger charge is 2.29. The molecule has 1 aromatic heterocycles. The maximum absolute atomic E-state index is 12.7. The molecular weight excluding hydrogens is 278 g/mol. The second kappa shape index (κ2) is 5.74. The molecule has 3 heterocycles. The molecule has 116 valence electrons. The molecule has 1 unspecified atom stereocenters. The van der Waals surface area contributed by atoms with Crippen LogP contribution in [0.15, 0.2) is 34.9 Å². The van der Waals surface area contributed by atoms with E-state index in [9.17, 15) is 4.79 Å². The van der Waals surface area contributed by atoms with Crippen molar-refractivity contribution in [3.63, 3.8) is 0 Å². The molecule has 0 spiro atoms. The number of piperazine rings is 1. The Morgan fingerprint density at radius 1 is 1.18 bits per heavy atom. The van der Waals surface area contributed by atoms with Crippen molar-refractivity contribution < 1.29 is 9.21 Å². The fourth-order valence-corrected chi connectivity index (χ4v) is 3.56. The molecule has 1 atom stereocenters. The van der Waals surface area contributed by atoms with E-state index in [1.54, 1.807) is 6.26 Å². The van der Waals surface area contributed by atoms with Crippen molar-refractivity contribution in [1.29, 1.82) is 0 Å². The van der Waals surface area contributed by atoms with Crippen molar-refractivity contribution in [1.82, 2.24) is 15.1 Å². The van der Waals surface area contributed by atoms with Crippen molar-refractivity contribution >= 4 is 16.9 Å². The standard InChI is InChI=1S/C17H21N3O2/c21-17(15-12-22-16-4-2-1-3-14(15)16)20-9-7-19(8-10-20)13-5-6-18-11-13/h1-4,12-13,18H,5-11H2. The lowest BCUT2D eigenvalue weighted by Gasteiger charge is -2.37. The van der Waals surface area contributed by atoms with Gasteiger partial charge in [-0.2, -0.15) is 0 Å². The highest BCUT2D eigenvalue weighted by atomic mass is 16.3. The van der Waals surface area contributed by atoms with Crippen molar-refractivity contribution in [2.75, 3.05) is 39.3 Å². The number of rotatable bonds is 2. The highest BCUT2D eigenvalue weighted by molar-refractivity contribution is 6.05. The van der Waals surface area contributed by atoms with Gasteiger partial charge in [0, 0.05) is 44.2 Å². The molecule has 2 fully saturated rings. The van der Waals surface area contributed by atoms with Crippen LogP contribution < -0.4 is 5.32 Å². The van der Waals surface area contributed by atoms with Gasteiger partial charge < -0.3 is 14.6 Å². The Labute approximate surface area is 129 Å². The average molecular weight is 299 g/mol. The lowest BCUT2D eigenvalue weighted by molar-refractivity contribution is 0.0585. The molecule has 0 saturated carbocycles. The second-order valence-electron chi connectivity index (χ2n) is 6.12. The molecular formula is C17H21N3O2. The number of furan rings is 1. The van der Waals surface area contributed by atoms with Gasteiger partial charge in [-0.15, -0.1) is 0 Å². The molecule has 22 heavy (non-hydrogen) atoms. The molecule has 1 N–H and O–H groups in total. The Bertz CT molecular complexity index is 667. The van der Waals surface area contributed by atoms with Crippen LogP contribution in [0.25, 0.3) is 11.0 Å². The molecule has 2 aliphatic heterocycles. The van der Waals surface area contributed by atoms with Gasteiger partial charge in [-0.25, -0.2) is 0 Å². The van der Waals surface area contributed by atoms with Gasteiger partial charge in [-0.3, -0.25) is 9.69 Å². The van der Waals surface area contributed by atoms with Crippen LogP contribution in [0.5, 0.6) is 0 Å². The summed E-state index contributed by atoms with van der Waals surface area (Å²) < 4.78 is 5.50. The molecule has 0 bridgehead atoms. The molecule has 2 saturated heterocycles. The summed E-state index contributed by atoms with van der Waals surface area (Å²) in [6.07, 6.45) is 2.82. The lowest BCUT2D eigenvalue weighted by Crippen LogP contribution is -2.52. The van der Waals surface area contributed by atoms with E-state index in [1.165, 1.54) is 6.42 Å². The van der Waals surface area contributed by atoms with E-state index in [2.05, 4.69) is 10.2 Å². The molecule has 2 aliphatic rings. The summed E-state index contributed by atoms with van der Waals surface area (Å²) in [4.78, 5) is 17.2. The van der Waals surface area contributed by atoms with E-state index >= 15 is 0 Å². The molecule has 1 aromatic carbocycles. The zero-order valence-corrected chi connectivity index (χ0v) is 12.6. The highest BCUT2D eigenvalue weighted by Crippen LogP contribution is 2.23. The summed E-state index contributed by atoms with van der Waals surface area (Å²) in [6.45, 7) is 5.73. The monoisotopic (exact) mass is 299 g/mol. The van der Waals surface area contributed by atoms with E-state index in [-0.39, 0.29) is 5.91 Å². The van der Waals surface area contributed by atoms with Gasteiger partial charge in [0.05, 0.1) is 5.56 Å². The zero-order valence-electron chi connectivity index (χ0n) is 12.6. The van der Waals surface area contributed by atoms with E-state index < -0.39 is 0 Å². The van der Waals surface area contributed by atoms with Crippen LogP contribution in [0.3, 0.4) is 0 Å². The van der Waals surface area contributed by atoms with Crippen molar-refractivity contribution in [3.8, 4) is 0 Å². The zero-order chi connectivity index (χ0) is 14.9. The fraction of sp³-hybridized carbons (Fsp3) is 0.471. The number of hydrogen-bond acceptors (Lipinski definition) is 4. The minimum absolute atomic E-state index is 0.0918. The predicted molar refractivity (Wildman–Crippen MR) is 85.0 cm³/mol. The van der Waals surface area contributed by atoms with Gasteiger partial charge in [-0.05, 0) is 19.0 Å². The Balaban J connectivity index is 1.45. The van der Waals surface area contributed by atoms with Crippen LogP contribution in [-0.2, 0) is 0 Å². The van der Waals surface area contributed by atoms with Gasteiger partial charge in [0.15, 0.2) is 0 Å².